The minimum Gasteiger partial charge on any atom is -0.318 e. The second-order valence-corrected chi connectivity index (χ2v) is 7.41. The Bertz CT molecular complexity index is 970. The van der Waals surface area contributed by atoms with Crippen molar-refractivity contribution in [3.63, 3.8) is 0 Å². The average Bonchev–Trinajstić information content (AvgIpc) is 2.60. The van der Waals surface area contributed by atoms with E-state index in [0.717, 1.165) is 48.5 Å². The third-order valence-electron chi connectivity index (χ3n) is 3.32. The summed E-state index contributed by atoms with van der Waals surface area (Å²) in [5.41, 5.74) is -0.926. The van der Waals surface area contributed by atoms with Crippen LogP contribution >= 0.6 is 0 Å². The Hall–Kier alpha value is -3.09. The van der Waals surface area contributed by atoms with E-state index in [1.165, 1.54) is 10.6 Å². The van der Waals surface area contributed by atoms with Crippen LogP contribution < -0.4 is 10.6 Å². The van der Waals surface area contributed by atoms with Crippen LogP contribution in [0.5, 0.6) is 0 Å². The maximum Gasteiger partial charge on any atom is 0.471 e. The van der Waals surface area contributed by atoms with Crippen molar-refractivity contribution in [1.82, 2.24) is 0 Å². The molecular formula is C16H10F6N2O4S. The van der Waals surface area contributed by atoms with Gasteiger partial charge in [0.25, 0.3) is 0 Å². The highest BCUT2D eigenvalue weighted by Gasteiger charge is 2.39. The number of anilines is 2. The van der Waals surface area contributed by atoms with Crippen LogP contribution in [-0.4, -0.2) is 32.6 Å². The molecule has 2 aromatic carbocycles. The Balaban J connectivity index is 2.34. The van der Waals surface area contributed by atoms with Crippen molar-refractivity contribution in [3.05, 3.63) is 48.5 Å². The number of nitrogens with one attached hydrogen (secondary N) is 2. The number of hydrogen-bond acceptors (Lipinski definition) is 4. The molecule has 2 amide bonds. The van der Waals surface area contributed by atoms with E-state index in [-0.39, 0.29) is 0 Å². The SMILES string of the molecule is O=C(Nc1cccc(S(=O)(=O)c2cccc(NC(=O)C(F)(F)F)c2)c1)C(F)(F)F. The van der Waals surface area contributed by atoms with Crippen LogP contribution in [-0.2, 0) is 19.4 Å². The van der Waals surface area contributed by atoms with Crippen molar-refractivity contribution in [2.24, 2.45) is 0 Å². The first-order chi connectivity index (χ1) is 13.2. The second kappa shape index (κ2) is 7.73. The van der Waals surface area contributed by atoms with Gasteiger partial charge in [0.05, 0.1) is 9.79 Å². The second-order valence-electron chi connectivity index (χ2n) is 5.46. The normalized spacial score (nSPS) is 12.3. The summed E-state index contributed by atoms with van der Waals surface area (Å²) in [5, 5.41) is 2.98. The summed E-state index contributed by atoms with van der Waals surface area (Å²) < 4.78 is 99.2. The lowest BCUT2D eigenvalue weighted by Crippen LogP contribution is -2.30. The minimum atomic E-state index is -5.19. The number of sulfone groups is 1. The number of carbonyl (C=O) groups excluding carboxylic acids is 2. The predicted octanol–water partition coefficient (Wildman–Crippen LogP) is 3.52. The molecule has 6 nitrogen and oxygen atoms in total. The molecule has 29 heavy (non-hydrogen) atoms. The molecule has 0 aliphatic rings. The number of benzene rings is 2. The Morgan fingerprint density at radius 2 is 1.03 bits per heavy atom. The molecule has 0 aromatic heterocycles. The first kappa shape index (κ1) is 22.2. The summed E-state index contributed by atoms with van der Waals surface area (Å²) in [4.78, 5) is 20.9. The van der Waals surface area contributed by atoms with Gasteiger partial charge in [0, 0.05) is 11.4 Å². The Morgan fingerprint density at radius 1 is 0.690 bits per heavy atom. The highest BCUT2D eigenvalue weighted by Crippen LogP contribution is 2.27. The molecule has 0 spiro atoms. The van der Waals surface area contributed by atoms with Gasteiger partial charge in [-0.2, -0.15) is 26.3 Å². The molecule has 0 atom stereocenters. The van der Waals surface area contributed by atoms with Crippen LogP contribution in [0.25, 0.3) is 0 Å². The molecule has 156 valence electrons. The molecule has 0 bridgehead atoms. The maximum absolute atomic E-state index is 12.6. The molecule has 13 heteroatoms. The van der Waals surface area contributed by atoms with E-state index >= 15 is 0 Å². The number of carbonyl (C=O) groups is 2. The van der Waals surface area contributed by atoms with Crippen molar-refractivity contribution in [2.75, 3.05) is 10.6 Å². The zero-order valence-corrected chi connectivity index (χ0v) is 14.7. The van der Waals surface area contributed by atoms with Gasteiger partial charge in [-0.25, -0.2) is 8.42 Å². The van der Waals surface area contributed by atoms with E-state index in [0.29, 0.717) is 0 Å². The van der Waals surface area contributed by atoms with Crippen LogP contribution in [0.2, 0.25) is 0 Å². The van der Waals surface area contributed by atoms with Gasteiger partial charge in [-0.1, -0.05) is 12.1 Å². The highest BCUT2D eigenvalue weighted by molar-refractivity contribution is 7.91. The topological polar surface area (TPSA) is 92.3 Å². The van der Waals surface area contributed by atoms with Crippen molar-refractivity contribution in [3.8, 4) is 0 Å². The van der Waals surface area contributed by atoms with Gasteiger partial charge in [-0.3, -0.25) is 9.59 Å². The maximum atomic E-state index is 12.6. The van der Waals surface area contributed by atoms with E-state index in [4.69, 9.17) is 0 Å². The number of rotatable bonds is 4. The van der Waals surface area contributed by atoms with Gasteiger partial charge in [-0.15, -0.1) is 0 Å². The Morgan fingerprint density at radius 3 is 1.34 bits per heavy atom. The van der Waals surface area contributed by atoms with Crippen LogP contribution in [0.3, 0.4) is 0 Å². The largest absolute Gasteiger partial charge is 0.471 e. The van der Waals surface area contributed by atoms with Gasteiger partial charge in [0.15, 0.2) is 0 Å². The molecule has 0 radical (unpaired) electrons. The molecule has 2 rings (SSSR count). The third kappa shape index (κ3) is 5.47. The highest BCUT2D eigenvalue weighted by atomic mass is 32.2. The molecule has 0 saturated heterocycles. The average molecular weight is 440 g/mol. The smallest absolute Gasteiger partial charge is 0.318 e. The molecule has 0 aliphatic carbocycles. The van der Waals surface area contributed by atoms with Crippen molar-refractivity contribution < 1.29 is 44.3 Å². The lowest BCUT2D eigenvalue weighted by atomic mass is 10.3. The van der Waals surface area contributed by atoms with Gasteiger partial charge < -0.3 is 10.6 Å². The van der Waals surface area contributed by atoms with Crippen molar-refractivity contribution in [2.45, 2.75) is 22.1 Å². The van der Waals surface area contributed by atoms with Gasteiger partial charge >= 0.3 is 24.2 Å². The summed E-state index contributed by atoms with van der Waals surface area (Å²) >= 11 is 0. The number of hydrogen-bond donors (Lipinski definition) is 2. The van der Waals surface area contributed by atoms with Gasteiger partial charge in [0.1, 0.15) is 0 Å². The molecule has 0 unspecified atom stereocenters. The molecule has 2 N–H and O–H groups in total. The number of halogens is 6. The van der Waals surface area contributed by atoms with Gasteiger partial charge in [-0.05, 0) is 36.4 Å². The van der Waals surface area contributed by atoms with E-state index in [2.05, 4.69) is 0 Å². The Kier molecular flexibility index (Phi) is 5.92. The Labute approximate surface area is 159 Å². The molecule has 0 fully saturated rings. The van der Waals surface area contributed by atoms with E-state index in [9.17, 15) is 44.3 Å². The summed E-state index contributed by atoms with van der Waals surface area (Å²) in [7, 11) is -4.39. The fourth-order valence-corrected chi connectivity index (χ4v) is 3.37. The van der Waals surface area contributed by atoms with Crippen LogP contribution in [0, 0.1) is 0 Å². The van der Waals surface area contributed by atoms with Crippen LogP contribution in [0.1, 0.15) is 0 Å². The standard InChI is InChI=1S/C16H10F6N2O4S/c17-15(18,19)13(25)23-9-3-1-5-11(7-9)29(27,28)12-6-2-4-10(8-12)24-14(26)16(20,21)22/h1-8H,(H,23,25)(H,24,26). The molecular weight excluding hydrogens is 430 g/mol. The summed E-state index contributed by atoms with van der Waals surface area (Å²) in [6.45, 7) is 0. The molecule has 2 aromatic rings. The molecule has 0 heterocycles. The zero-order chi connectivity index (χ0) is 22.0. The minimum absolute atomic E-state index is 0.463. The van der Waals surface area contributed by atoms with Crippen molar-refractivity contribution >= 4 is 33.0 Å². The number of amides is 2. The predicted molar refractivity (Wildman–Crippen MR) is 87.7 cm³/mol. The molecule has 0 aliphatic heterocycles. The first-order valence-corrected chi connectivity index (χ1v) is 8.91. The monoisotopic (exact) mass is 440 g/mol. The summed E-state index contributed by atoms with van der Waals surface area (Å²) in [5.74, 6) is -4.63. The fraction of sp³-hybridized carbons (Fsp3) is 0.125. The zero-order valence-electron chi connectivity index (χ0n) is 13.9. The fourth-order valence-electron chi connectivity index (χ4n) is 2.02. The third-order valence-corrected chi connectivity index (χ3v) is 5.07. The lowest BCUT2D eigenvalue weighted by molar-refractivity contribution is -0.167. The lowest BCUT2D eigenvalue weighted by Gasteiger charge is -2.11. The van der Waals surface area contributed by atoms with Crippen LogP contribution in [0.15, 0.2) is 58.3 Å². The van der Waals surface area contributed by atoms with E-state index in [1.807, 2.05) is 0 Å². The van der Waals surface area contributed by atoms with E-state index in [1.54, 1.807) is 0 Å². The first-order valence-electron chi connectivity index (χ1n) is 7.43. The van der Waals surface area contributed by atoms with E-state index < -0.39 is 55.2 Å². The number of alkyl halides is 6. The summed E-state index contributed by atoms with van der Waals surface area (Å²) in [6, 6.07) is 7.69. The molecule has 0 saturated carbocycles. The summed E-state index contributed by atoms with van der Waals surface area (Å²) in [6.07, 6.45) is -10.4. The quantitative estimate of drug-likeness (QED) is 0.712. The van der Waals surface area contributed by atoms with Gasteiger partial charge in [0.2, 0.25) is 9.84 Å². The van der Waals surface area contributed by atoms with Crippen molar-refractivity contribution in [1.29, 1.82) is 0 Å². The van der Waals surface area contributed by atoms with Crippen LogP contribution in [0.4, 0.5) is 37.7 Å².